The van der Waals surface area contributed by atoms with Gasteiger partial charge in [0.1, 0.15) is 23.1 Å². The van der Waals surface area contributed by atoms with Gasteiger partial charge in [0.15, 0.2) is 0 Å². The van der Waals surface area contributed by atoms with Crippen molar-refractivity contribution in [1.82, 2.24) is 19.9 Å². The molecule has 2 aromatic carbocycles. The van der Waals surface area contributed by atoms with E-state index in [0.29, 0.717) is 23.7 Å². The number of hydrogen-bond donors (Lipinski definition) is 0. The summed E-state index contributed by atoms with van der Waals surface area (Å²) in [6.07, 6.45) is 37.1. The summed E-state index contributed by atoms with van der Waals surface area (Å²) >= 11 is 0. The Hall–Kier alpha value is -3.60. The maximum absolute atomic E-state index is 7.04. The second-order valence-corrected chi connectivity index (χ2v) is 17.9. The number of ether oxygens (including phenoxy) is 1. The lowest BCUT2D eigenvalue weighted by atomic mass is 9.78. The van der Waals surface area contributed by atoms with E-state index in [1.54, 1.807) is 0 Å². The van der Waals surface area contributed by atoms with E-state index in [9.17, 15) is 0 Å². The van der Waals surface area contributed by atoms with Crippen LogP contribution in [0.2, 0.25) is 0 Å². The third kappa shape index (κ3) is 13.2. The van der Waals surface area contributed by atoms with Crippen molar-refractivity contribution in [3.63, 3.8) is 0 Å². The first kappa shape index (κ1) is 43.0. The summed E-state index contributed by atoms with van der Waals surface area (Å²) in [7, 11) is 0. The van der Waals surface area contributed by atoms with Crippen LogP contribution in [0, 0.1) is 11.8 Å². The van der Waals surface area contributed by atoms with Crippen LogP contribution >= 0.6 is 0 Å². The molecule has 308 valence electrons. The molecule has 2 heterocycles. The molecule has 0 amide bonds. The molecule has 2 aromatic heterocycles. The molecule has 4 aromatic rings. The molecule has 0 radical (unpaired) electrons. The van der Waals surface area contributed by atoms with Gasteiger partial charge in [-0.3, -0.25) is 0 Å². The van der Waals surface area contributed by atoms with Crippen LogP contribution in [0.4, 0.5) is 0 Å². The first-order valence-electron chi connectivity index (χ1n) is 23.6. The summed E-state index contributed by atoms with van der Waals surface area (Å²) in [4.78, 5) is 19.5. The fourth-order valence-corrected chi connectivity index (χ4v) is 9.58. The van der Waals surface area contributed by atoms with Crippen LogP contribution < -0.4 is 4.74 Å². The van der Waals surface area contributed by atoms with Crippen molar-refractivity contribution in [2.45, 2.75) is 194 Å². The smallest absolute Gasteiger partial charge is 0.131 e. The lowest BCUT2D eigenvalue weighted by molar-refractivity contribution is 0.312. The van der Waals surface area contributed by atoms with Crippen molar-refractivity contribution < 1.29 is 4.74 Å². The van der Waals surface area contributed by atoms with E-state index in [0.717, 1.165) is 74.5 Å². The fourth-order valence-electron chi connectivity index (χ4n) is 9.58. The van der Waals surface area contributed by atoms with Gasteiger partial charge in [-0.05, 0) is 160 Å². The highest BCUT2D eigenvalue weighted by atomic mass is 16.5. The molecule has 0 saturated heterocycles. The van der Waals surface area contributed by atoms with Gasteiger partial charge >= 0.3 is 0 Å². The Balaban J connectivity index is 1.07. The van der Waals surface area contributed by atoms with E-state index >= 15 is 0 Å². The lowest BCUT2D eigenvalue weighted by Crippen LogP contribution is -2.18. The van der Waals surface area contributed by atoms with Crippen LogP contribution in [0.1, 0.15) is 200 Å². The summed E-state index contributed by atoms with van der Waals surface area (Å²) < 4.78 is 7.04. The van der Waals surface area contributed by atoms with Crippen molar-refractivity contribution in [3.05, 3.63) is 106 Å². The van der Waals surface area contributed by atoms with Crippen LogP contribution in [0.25, 0.3) is 0 Å². The molecule has 0 N–H and O–H groups in total. The third-order valence-electron chi connectivity index (χ3n) is 13.1. The Morgan fingerprint density at radius 3 is 1.21 bits per heavy atom. The monoisotopic (exact) mass is 771 g/mol. The lowest BCUT2D eigenvalue weighted by Gasteiger charge is -2.29. The molecule has 2 aliphatic carbocycles. The Kier molecular flexibility index (Phi) is 17.4. The van der Waals surface area contributed by atoms with Crippen LogP contribution in [0.15, 0.2) is 61.2 Å². The molecule has 5 heteroatoms. The number of hydrogen-bond acceptors (Lipinski definition) is 5. The van der Waals surface area contributed by atoms with E-state index in [4.69, 9.17) is 24.7 Å². The third-order valence-corrected chi connectivity index (χ3v) is 13.1. The molecular weight excluding hydrogens is 697 g/mol. The molecule has 6 rings (SSSR count). The topological polar surface area (TPSA) is 60.8 Å². The molecule has 0 spiro atoms. The summed E-state index contributed by atoms with van der Waals surface area (Å²) in [5, 5.41) is 0. The molecule has 0 bridgehead atoms. The Bertz CT molecular complexity index is 1610. The largest absolute Gasteiger partial charge is 0.457 e. The number of aryl methyl sites for hydroxylation is 4. The van der Waals surface area contributed by atoms with Crippen molar-refractivity contribution >= 4 is 0 Å². The molecule has 0 unspecified atom stereocenters. The second kappa shape index (κ2) is 23.1. The van der Waals surface area contributed by atoms with E-state index in [-0.39, 0.29) is 0 Å². The van der Waals surface area contributed by atoms with E-state index < -0.39 is 0 Å². The molecule has 2 fully saturated rings. The van der Waals surface area contributed by atoms with Gasteiger partial charge in [0.25, 0.3) is 0 Å². The van der Waals surface area contributed by atoms with Crippen molar-refractivity contribution in [2.75, 3.05) is 0 Å². The van der Waals surface area contributed by atoms with Gasteiger partial charge in [-0.2, -0.15) is 0 Å². The Labute approximate surface area is 346 Å². The molecule has 0 atom stereocenters. The quantitative estimate of drug-likeness (QED) is 0.0745. The molecule has 2 aliphatic rings. The molecule has 0 aliphatic heterocycles. The number of rotatable bonds is 22. The van der Waals surface area contributed by atoms with Gasteiger partial charge in [0, 0.05) is 36.6 Å². The number of nitrogens with zero attached hydrogens (tertiary/aromatic N) is 4. The predicted octanol–water partition coefficient (Wildman–Crippen LogP) is 14.2. The van der Waals surface area contributed by atoms with Crippen LogP contribution in [-0.4, -0.2) is 19.9 Å². The minimum atomic E-state index is 0.481. The zero-order valence-corrected chi connectivity index (χ0v) is 36.3. The average molecular weight is 771 g/mol. The SMILES string of the molecule is CCCCCCc1cnc(C2CCC(Cc3cc(CCC)ccc3Oc3ccc(CCC)cc3CC3CCC(c4ncc(CCCCCC)cn4)CC3)CC2)nc1. The van der Waals surface area contributed by atoms with Gasteiger partial charge in [0.05, 0.1) is 0 Å². The maximum atomic E-state index is 7.04. The Morgan fingerprint density at radius 2 is 0.842 bits per heavy atom. The van der Waals surface area contributed by atoms with Gasteiger partial charge in [-0.1, -0.05) is 103 Å². The van der Waals surface area contributed by atoms with Gasteiger partial charge in [0.2, 0.25) is 0 Å². The summed E-state index contributed by atoms with van der Waals surface area (Å²) in [5.41, 5.74) is 8.19. The van der Waals surface area contributed by atoms with Gasteiger partial charge in [-0.15, -0.1) is 0 Å². The van der Waals surface area contributed by atoms with E-state index in [1.165, 1.54) is 136 Å². The standard InChI is InChI=1S/C52H74N4O/c1-5-9-11-13-17-43-35-53-51(54-36-43)45-25-19-41(20-26-45)33-47-31-39(15-7-3)23-29-49(47)57-50-30-24-40(16-8-4)32-48(50)34-42-21-27-46(28-22-42)52-55-37-44(38-56-52)18-14-12-10-6-2/h23-24,29-32,35-38,41-42,45-46H,5-22,25-28,33-34H2,1-4H3. The highest BCUT2D eigenvalue weighted by molar-refractivity contribution is 5.45. The molecule has 57 heavy (non-hydrogen) atoms. The number of aromatic nitrogens is 4. The van der Waals surface area contributed by atoms with E-state index in [1.807, 2.05) is 0 Å². The first-order valence-corrected chi connectivity index (χ1v) is 23.6. The fraction of sp³-hybridized carbons (Fsp3) is 0.615. The second-order valence-electron chi connectivity index (χ2n) is 17.9. The van der Waals surface area contributed by atoms with Crippen molar-refractivity contribution in [3.8, 4) is 11.5 Å². The number of unbranched alkanes of at least 4 members (excludes halogenated alkanes) is 6. The minimum absolute atomic E-state index is 0.481. The summed E-state index contributed by atoms with van der Waals surface area (Å²) in [6, 6.07) is 14.1. The highest BCUT2D eigenvalue weighted by Crippen LogP contribution is 2.41. The van der Waals surface area contributed by atoms with Crippen LogP contribution in [-0.2, 0) is 38.5 Å². The van der Waals surface area contributed by atoms with Gasteiger partial charge in [-0.25, -0.2) is 19.9 Å². The molecular formula is C52H74N4O. The number of benzene rings is 2. The normalized spacial score (nSPS) is 19.8. The Morgan fingerprint density at radius 1 is 0.439 bits per heavy atom. The zero-order valence-electron chi connectivity index (χ0n) is 36.3. The highest BCUT2D eigenvalue weighted by Gasteiger charge is 2.27. The summed E-state index contributed by atoms with van der Waals surface area (Å²) in [6.45, 7) is 9.10. The van der Waals surface area contributed by atoms with Gasteiger partial charge < -0.3 is 4.74 Å². The predicted molar refractivity (Wildman–Crippen MR) is 238 cm³/mol. The van der Waals surface area contributed by atoms with Crippen LogP contribution in [0.3, 0.4) is 0 Å². The average Bonchev–Trinajstić information content (AvgIpc) is 3.24. The van der Waals surface area contributed by atoms with Crippen LogP contribution in [0.5, 0.6) is 11.5 Å². The zero-order chi connectivity index (χ0) is 39.7. The van der Waals surface area contributed by atoms with Crippen molar-refractivity contribution in [2.24, 2.45) is 11.8 Å². The first-order chi connectivity index (χ1) is 28.0. The molecule has 5 nitrogen and oxygen atoms in total. The minimum Gasteiger partial charge on any atom is -0.457 e. The summed E-state index contributed by atoms with van der Waals surface area (Å²) in [5.74, 6) is 6.50. The maximum Gasteiger partial charge on any atom is 0.131 e. The molecule has 2 saturated carbocycles. The van der Waals surface area contributed by atoms with Crippen molar-refractivity contribution in [1.29, 1.82) is 0 Å². The van der Waals surface area contributed by atoms with E-state index in [2.05, 4.69) is 88.9 Å².